The first kappa shape index (κ1) is 22.5. The molecule has 9 heteroatoms. The Morgan fingerprint density at radius 3 is 2.69 bits per heavy atom. The number of para-hydroxylation sites is 1. The molecule has 0 atom stereocenters. The van der Waals surface area contributed by atoms with Crippen LogP contribution in [0.3, 0.4) is 0 Å². The Bertz CT molecular complexity index is 1510. The SMILES string of the molecule is O=C(Nc1ccccc1-c1nc2cc(CN3CCOCC3)cnc2s1)c1cc(-c2ccccc2)no1. The summed E-state index contributed by atoms with van der Waals surface area (Å²) in [6, 6.07) is 20.9. The van der Waals surface area contributed by atoms with Gasteiger partial charge in [0.05, 0.1) is 18.9 Å². The standard InChI is InChI=1S/C27H23N5O3S/c33-25(24-15-22(31-35-24)19-6-2-1-3-7-19)29-21-9-5-4-8-20(21)26-30-23-14-18(16-28-27(23)36-26)17-32-10-12-34-13-11-32/h1-9,14-16H,10-13,17H2,(H,29,33). The van der Waals surface area contributed by atoms with Gasteiger partial charge in [0, 0.05) is 43.0 Å². The molecule has 1 aliphatic heterocycles. The number of rotatable bonds is 6. The second kappa shape index (κ2) is 9.98. The number of amides is 1. The molecule has 0 bridgehead atoms. The van der Waals surface area contributed by atoms with Crippen LogP contribution in [0.4, 0.5) is 5.69 Å². The molecule has 0 unspecified atom stereocenters. The monoisotopic (exact) mass is 497 g/mol. The van der Waals surface area contributed by atoms with E-state index in [1.54, 1.807) is 6.07 Å². The predicted molar refractivity (Wildman–Crippen MR) is 139 cm³/mol. The molecule has 0 radical (unpaired) electrons. The number of morpholine rings is 1. The van der Waals surface area contributed by atoms with Gasteiger partial charge >= 0.3 is 0 Å². The van der Waals surface area contributed by atoms with E-state index in [0.717, 1.165) is 64.9 Å². The Labute approximate surface area is 211 Å². The summed E-state index contributed by atoms with van der Waals surface area (Å²) < 4.78 is 10.8. The molecule has 3 aromatic heterocycles. The summed E-state index contributed by atoms with van der Waals surface area (Å²) in [6.07, 6.45) is 1.92. The Kier molecular flexibility index (Phi) is 6.25. The number of hydrogen-bond donors (Lipinski definition) is 1. The Morgan fingerprint density at radius 1 is 1.03 bits per heavy atom. The van der Waals surface area contributed by atoms with Crippen molar-refractivity contribution in [3.63, 3.8) is 0 Å². The van der Waals surface area contributed by atoms with Gasteiger partial charge in [-0.2, -0.15) is 0 Å². The minimum atomic E-state index is -0.371. The number of carbonyl (C=O) groups excluding carboxylic acids is 1. The van der Waals surface area contributed by atoms with Crippen molar-refractivity contribution in [2.45, 2.75) is 6.54 Å². The van der Waals surface area contributed by atoms with Crippen molar-refractivity contribution >= 4 is 33.3 Å². The summed E-state index contributed by atoms with van der Waals surface area (Å²) in [4.78, 5) is 25.7. The Morgan fingerprint density at radius 2 is 1.83 bits per heavy atom. The van der Waals surface area contributed by atoms with Crippen LogP contribution in [0.1, 0.15) is 16.1 Å². The third kappa shape index (κ3) is 4.76. The smallest absolute Gasteiger partial charge is 0.294 e. The minimum Gasteiger partial charge on any atom is -0.379 e. The molecule has 1 N–H and O–H groups in total. The van der Waals surface area contributed by atoms with Gasteiger partial charge < -0.3 is 14.6 Å². The molecule has 4 heterocycles. The molecule has 0 spiro atoms. The summed E-state index contributed by atoms with van der Waals surface area (Å²) in [5.74, 6) is -0.230. The van der Waals surface area contributed by atoms with Crippen LogP contribution in [0.2, 0.25) is 0 Å². The zero-order valence-corrected chi connectivity index (χ0v) is 20.2. The molecule has 2 aromatic carbocycles. The van der Waals surface area contributed by atoms with E-state index in [1.807, 2.05) is 60.8 Å². The van der Waals surface area contributed by atoms with Crippen molar-refractivity contribution in [1.82, 2.24) is 20.0 Å². The van der Waals surface area contributed by atoms with Crippen LogP contribution in [0.5, 0.6) is 0 Å². The molecule has 1 saturated heterocycles. The van der Waals surface area contributed by atoms with Gasteiger partial charge in [-0.25, -0.2) is 9.97 Å². The third-order valence-corrected chi connectivity index (χ3v) is 7.04. The lowest BCUT2D eigenvalue weighted by atomic mass is 10.1. The molecule has 1 amide bonds. The highest BCUT2D eigenvalue weighted by Gasteiger charge is 2.18. The lowest BCUT2D eigenvalue weighted by molar-refractivity contribution is 0.0341. The van der Waals surface area contributed by atoms with Gasteiger partial charge in [-0.3, -0.25) is 9.69 Å². The lowest BCUT2D eigenvalue weighted by Gasteiger charge is -2.26. The average molecular weight is 498 g/mol. The van der Waals surface area contributed by atoms with Gasteiger partial charge in [-0.05, 0) is 23.8 Å². The lowest BCUT2D eigenvalue weighted by Crippen LogP contribution is -2.35. The van der Waals surface area contributed by atoms with Crippen LogP contribution in [0.15, 0.2) is 77.4 Å². The maximum atomic E-state index is 13.0. The van der Waals surface area contributed by atoms with Crippen molar-refractivity contribution in [3.8, 4) is 21.8 Å². The quantitative estimate of drug-likeness (QED) is 0.349. The van der Waals surface area contributed by atoms with Crippen molar-refractivity contribution < 1.29 is 14.1 Å². The summed E-state index contributed by atoms with van der Waals surface area (Å²) in [7, 11) is 0. The highest BCUT2D eigenvalue weighted by Crippen LogP contribution is 2.34. The molecule has 6 rings (SSSR count). The van der Waals surface area contributed by atoms with Crippen molar-refractivity contribution in [2.75, 3.05) is 31.6 Å². The molecule has 1 fully saturated rings. The fourth-order valence-corrected chi connectivity index (χ4v) is 5.10. The normalized spacial score (nSPS) is 14.2. The first-order valence-corrected chi connectivity index (χ1v) is 12.5. The second-order valence-corrected chi connectivity index (χ2v) is 9.50. The van der Waals surface area contributed by atoms with Crippen LogP contribution < -0.4 is 5.32 Å². The van der Waals surface area contributed by atoms with Crippen LogP contribution in [0.25, 0.3) is 32.2 Å². The number of hydrogen-bond acceptors (Lipinski definition) is 8. The van der Waals surface area contributed by atoms with Crippen molar-refractivity contribution in [3.05, 3.63) is 84.3 Å². The van der Waals surface area contributed by atoms with Crippen LogP contribution in [-0.4, -0.2) is 52.2 Å². The highest BCUT2D eigenvalue weighted by molar-refractivity contribution is 7.21. The molecule has 1 aliphatic rings. The summed E-state index contributed by atoms with van der Waals surface area (Å²) in [5.41, 5.74) is 4.95. The van der Waals surface area contributed by atoms with Crippen molar-refractivity contribution in [1.29, 1.82) is 0 Å². The zero-order chi connectivity index (χ0) is 24.3. The molecule has 8 nitrogen and oxygen atoms in total. The Hall–Kier alpha value is -3.92. The van der Waals surface area contributed by atoms with Gasteiger partial charge in [0.15, 0.2) is 0 Å². The number of ether oxygens (including phenoxy) is 1. The van der Waals surface area contributed by atoms with Gasteiger partial charge in [-0.1, -0.05) is 59.0 Å². The zero-order valence-electron chi connectivity index (χ0n) is 19.4. The number of nitrogens with one attached hydrogen (secondary N) is 1. The molecule has 0 aliphatic carbocycles. The summed E-state index contributed by atoms with van der Waals surface area (Å²) >= 11 is 1.50. The van der Waals surface area contributed by atoms with Crippen molar-refractivity contribution in [2.24, 2.45) is 0 Å². The predicted octanol–water partition coefficient (Wildman–Crippen LogP) is 5.10. The number of benzene rings is 2. The van der Waals surface area contributed by atoms with Crippen LogP contribution in [0, 0.1) is 0 Å². The van der Waals surface area contributed by atoms with Gasteiger partial charge in [-0.15, -0.1) is 0 Å². The first-order valence-electron chi connectivity index (χ1n) is 11.7. The number of anilines is 1. The number of aromatic nitrogens is 3. The van der Waals surface area contributed by atoms with E-state index in [4.69, 9.17) is 14.2 Å². The van der Waals surface area contributed by atoms with Crippen LogP contribution >= 0.6 is 11.3 Å². The maximum Gasteiger partial charge on any atom is 0.294 e. The van der Waals surface area contributed by atoms with E-state index in [1.165, 1.54) is 11.3 Å². The maximum absolute atomic E-state index is 13.0. The van der Waals surface area contributed by atoms with Gasteiger partial charge in [0.25, 0.3) is 5.91 Å². The molecule has 180 valence electrons. The number of nitrogens with zero attached hydrogens (tertiary/aromatic N) is 4. The average Bonchev–Trinajstić information content (AvgIpc) is 3.58. The topological polar surface area (TPSA) is 93.4 Å². The molecule has 36 heavy (non-hydrogen) atoms. The Balaban J connectivity index is 1.23. The first-order chi connectivity index (χ1) is 17.7. The van der Waals surface area contributed by atoms with E-state index in [9.17, 15) is 4.79 Å². The van der Waals surface area contributed by atoms with E-state index >= 15 is 0 Å². The molecular weight excluding hydrogens is 474 g/mol. The number of thiazole rings is 1. The van der Waals surface area contributed by atoms with E-state index in [2.05, 4.69) is 26.4 Å². The largest absolute Gasteiger partial charge is 0.379 e. The van der Waals surface area contributed by atoms with E-state index in [-0.39, 0.29) is 11.7 Å². The number of carbonyl (C=O) groups is 1. The third-order valence-electron chi connectivity index (χ3n) is 6.02. The second-order valence-electron chi connectivity index (χ2n) is 8.52. The fourth-order valence-electron chi connectivity index (χ4n) is 4.17. The van der Waals surface area contributed by atoms with Gasteiger partial charge in [0.2, 0.25) is 5.76 Å². The molecule has 0 saturated carbocycles. The van der Waals surface area contributed by atoms with Crippen LogP contribution in [-0.2, 0) is 11.3 Å². The fraction of sp³-hybridized carbons (Fsp3) is 0.185. The van der Waals surface area contributed by atoms with E-state index < -0.39 is 0 Å². The number of fused-ring (bicyclic) bond motifs is 1. The summed E-state index contributed by atoms with van der Waals surface area (Å²) in [5, 5.41) is 7.79. The van der Waals surface area contributed by atoms with Gasteiger partial charge in [0.1, 0.15) is 21.0 Å². The highest BCUT2D eigenvalue weighted by atomic mass is 32.1. The van der Waals surface area contributed by atoms with E-state index in [0.29, 0.717) is 11.4 Å². The molecule has 5 aromatic rings. The summed E-state index contributed by atoms with van der Waals surface area (Å²) in [6.45, 7) is 4.20. The number of pyridine rings is 1. The molecular formula is C27H23N5O3S. The minimum absolute atomic E-state index is 0.141.